The molecule has 19 heavy (non-hydrogen) atoms. The molecule has 1 aliphatic rings. The molecular formula is C15H27N3O. The molecule has 0 bridgehead atoms. The van der Waals surface area contributed by atoms with Gasteiger partial charge < -0.3 is 10.6 Å². The molecule has 0 radical (unpaired) electrons. The van der Waals surface area contributed by atoms with Gasteiger partial charge in [0.25, 0.3) is 0 Å². The first-order valence-electron chi connectivity index (χ1n) is 7.25. The molecule has 0 spiro atoms. The predicted octanol–water partition coefficient (Wildman–Crippen LogP) is 0.693. The second-order valence-corrected chi connectivity index (χ2v) is 5.78. The van der Waals surface area contributed by atoms with E-state index in [1.165, 1.54) is 12.8 Å². The van der Waals surface area contributed by atoms with Gasteiger partial charge >= 0.3 is 0 Å². The van der Waals surface area contributed by atoms with Crippen molar-refractivity contribution in [2.75, 3.05) is 39.3 Å². The van der Waals surface area contributed by atoms with Crippen molar-refractivity contribution in [2.24, 2.45) is 11.8 Å². The van der Waals surface area contributed by atoms with Crippen LogP contribution in [0, 0.1) is 24.2 Å². The van der Waals surface area contributed by atoms with E-state index in [2.05, 4.69) is 35.3 Å². The monoisotopic (exact) mass is 265 g/mol. The van der Waals surface area contributed by atoms with E-state index in [-0.39, 0.29) is 5.91 Å². The molecule has 108 valence electrons. The molecule has 1 amide bonds. The number of amides is 1. The highest BCUT2D eigenvalue weighted by molar-refractivity contribution is 5.78. The number of carbonyl (C=O) groups excluding carboxylic acids is 1. The van der Waals surface area contributed by atoms with E-state index < -0.39 is 0 Å². The lowest BCUT2D eigenvalue weighted by atomic mass is 9.98. The topological polar surface area (TPSA) is 44.4 Å². The quantitative estimate of drug-likeness (QED) is 0.666. The summed E-state index contributed by atoms with van der Waals surface area (Å²) in [5.74, 6) is 3.81. The molecule has 1 aliphatic heterocycles. The van der Waals surface area contributed by atoms with Crippen LogP contribution in [0.2, 0.25) is 0 Å². The van der Waals surface area contributed by atoms with Crippen LogP contribution in [0.1, 0.15) is 26.7 Å². The highest BCUT2D eigenvalue weighted by atomic mass is 16.2. The van der Waals surface area contributed by atoms with E-state index in [9.17, 15) is 4.79 Å². The van der Waals surface area contributed by atoms with E-state index in [0.717, 1.165) is 26.2 Å². The van der Waals surface area contributed by atoms with Crippen molar-refractivity contribution in [1.82, 2.24) is 15.5 Å². The van der Waals surface area contributed by atoms with Crippen molar-refractivity contribution in [3.05, 3.63) is 0 Å². The van der Waals surface area contributed by atoms with Gasteiger partial charge in [-0.25, -0.2) is 0 Å². The molecule has 2 N–H and O–H groups in total. The van der Waals surface area contributed by atoms with Gasteiger partial charge in [-0.3, -0.25) is 9.69 Å². The van der Waals surface area contributed by atoms with Crippen LogP contribution in [0.3, 0.4) is 0 Å². The fraction of sp³-hybridized carbons (Fsp3) is 0.800. The molecule has 1 saturated heterocycles. The molecule has 0 aromatic carbocycles. The zero-order chi connectivity index (χ0) is 14.1. The molecule has 1 atom stereocenters. The van der Waals surface area contributed by atoms with Crippen LogP contribution >= 0.6 is 0 Å². The first kappa shape index (κ1) is 16.0. The summed E-state index contributed by atoms with van der Waals surface area (Å²) < 4.78 is 0. The number of nitrogens with zero attached hydrogens (tertiary/aromatic N) is 1. The number of piperidine rings is 1. The van der Waals surface area contributed by atoms with Gasteiger partial charge in [-0.15, -0.1) is 6.42 Å². The van der Waals surface area contributed by atoms with Gasteiger partial charge in [-0.05, 0) is 44.3 Å². The number of terminal acetylenes is 1. The number of nitrogens with one attached hydrogen (secondary N) is 2. The maximum atomic E-state index is 11.6. The number of hydrogen-bond donors (Lipinski definition) is 2. The maximum absolute atomic E-state index is 11.6. The van der Waals surface area contributed by atoms with Crippen LogP contribution in [0.15, 0.2) is 0 Å². The summed E-state index contributed by atoms with van der Waals surface area (Å²) in [7, 11) is 0. The van der Waals surface area contributed by atoms with Gasteiger partial charge in [0, 0.05) is 6.54 Å². The summed E-state index contributed by atoms with van der Waals surface area (Å²) >= 11 is 0. The van der Waals surface area contributed by atoms with Crippen LogP contribution in [-0.4, -0.2) is 50.1 Å². The van der Waals surface area contributed by atoms with Crippen molar-refractivity contribution in [3.63, 3.8) is 0 Å². The average molecular weight is 265 g/mol. The average Bonchev–Trinajstić information content (AvgIpc) is 2.36. The molecule has 4 nitrogen and oxygen atoms in total. The molecule has 1 heterocycles. The van der Waals surface area contributed by atoms with Crippen molar-refractivity contribution in [1.29, 1.82) is 0 Å². The Morgan fingerprint density at radius 1 is 1.53 bits per heavy atom. The Balaban J connectivity index is 2.22. The Morgan fingerprint density at radius 3 is 3.00 bits per heavy atom. The molecule has 1 fully saturated rings. The zero-order valence-corrected chi connectivity index (χ0v) is 12.2. The van der Waals surface area contributed by atoms with Crippen LogP contribution in [0.25, 0.3) is 0 Å². The SMILES string of the molecule is C#CCNC(=O)CN1CCCC(CNCC(C)C)C1. The summed E-state index contributed by atoms with van der Waals surface area (Å²) in [6.45, 7) is 9.39. The lowest BCUT2D eigenvalue weighted by molar-refractivity contribution is -0.122. The van der Waals surface area contributed by atoms with E-state index >= 15 is 0 Å². The molecule has 1 unspecified atom stereocenters. The lowest BCUT2D eigenvalue weighted by Gasteiger charge is -2.32. The Bertz CT molecular complexity index is 309. The Kier molecular flexibility index (Phi) is 7.54. The molecule has 0 saturated carbocycles. The summed E-state index contributed by atoms with van der Waals surface area (Å²) in [4.78, 5) is 13.8. The molecule has 1 rings (SSSR count). The lowest BCUT2D eigenvalue weighted by Crippen LogP contribution is -2.44. The Morgan fingerprint density at radius 2 is 2.32 bits per heavy atom. The van der Waals surface area contributed by atoms with E-state index in [0.29, 0.717) is 24.9 Å². The largest absolute Gasteiger partial charge is 0.344 e. The number of rotatable bonds is 7. The standard InChI is InChI=1S/C15H27N3O/c1-4-7-17-15(19)12-18-8-5-6-14(11-18)10-16-9-13(2)3/h1,13-14,16H,5-12H2,2-3H3,(H,17,19). The van der Waals surface area contributed by atoms with Gasteiger partial charge in [-0.1, -0.05) is 19.8 Å². The van der Waals surface area contributed by atoms with Gasteiger partial charge in [0.2, 0.25) is 5.91 Å². The maximum Gasteiger partial charge on any atom is 0.234 e. The van der Waals surface area contributed by atoms with Gasteiger partial charge in [0.05, 0.1) is 13.1 Å². The van der Waals surface area contributed by atoms with Crippen molar-refractivity contribution in [2.45, 2.75) is 26.7 Å². The minimum atomic E-state index is 0.0359. The molecule has 0 aliphatic carbocycles. The zero-order valence-electron chi connectivity index (χ0n) is 12.2. The fourth-order valence-corrected chi connectivity index (χ4v) is 2.45. The summed E-state index contributed by atoms with van der Waals surface area (Å²) in [5.41, 5.74) is 0. The van der Waals surface area contributed by atoms with Crippen LogP contribution < -0.4 is 10.6 Å². The second-order valence-electron chi connectivity index (χ2n) is 5.78. The third-order valence-corrected chi connectivity index (χ3v) is 3.34. The van der Waals surface area contributed by atoms with E-state index in [4.69, 9.17) is 6.42 Å². The van der Waals surface area contributed by atoms with Crippen LogP contribution in [-0.2, 0) is 4.79 Å². The highest BCUT2D eigenvalue weighted by Gasteiger charge is 2.21. The van der Waals surface area contributed by atoms with E-state index in [1.54, 1.807) is 0 Å². The number of likely N-dealkylation sites (tertiary alicyclic amines) is 1. The molecule has 4 heteroatoms. The highest BCUT2D eigenvalue weighted by Crippen LogP contribution is 2.15. The van der Waals surface area contributed by atoms with Crippen molar-refractivity contribution >= 4 is 5.91 Å². The van der Waals surface area contributed by atoms with Crippen molar-refractivity contribution < 1.29 is 4.79 Å². The predicted molar refractivity (Wildman–Crippen MR) is 78.7 cm³/mol. The third-order valence-electron chi connectivity index (χ3n) is 3.34. The summed E-state index contributed by atoms with van der Waals surface area (Å²) in [6.07, 6.45) is 7.56. The smallest absolute Gasteiger partial charge is 0.234 e. The van der Waals surface area contributed by atoms with Gasteiger partial charge in [0.15, 0.2) is 0 Å². The Labute approximate surface area is 117 Å². The van der Waals surface area contributed by atoms with E-state index in [1.807, 2.05) is 0 Å². The first-order valence-corrected chi connectivity index (χ1v) is 7.25. The van der Waals surface area contributed by atoms with Gasteiger partial charge in [-0.2, -0.15) is 0 Å². The summed E-state index contributed by atoms with van der Waals surface area (Å²) in [5, 5.41) is 6.23. The third kappa shape index (κ3) is 7.19. The second kappa shape index (κ2) is 8.95. The first-order chi connectivity index (χ1) is 9.11. The number of carbonyl (C=O) groups is 1. The summed E-state index contributed by atoms with van der Waals surface area (Å²) in [6, 6.07) is 0. The fourth-order valence-electron chi connectivity index (χ4n) is 2.45. The Hall–Kier alpha value is -1.05. The molecule has 0 aromatic heterocycles. The normalized spacial score (nSPS) is 20.2. The minimum absolute atomic E-state index is 0.0359. The number of hydrogen-bond acceptors (Lipinski definition) is 3. The van der Waals surface area contributed by atoms with Crippen molar-refractivity contribution in [3.8, 4) is 12.3 Å². The van der Waals surface area contributed by atoms with Crippen LogP contribution in [0.4, 0.5) is 0 Å². The van der Waals surface area contributed by atoms with Gasteiger partial charge in [0.1, 0.15) is 0 Å². The molecule has 0 aromatic rings. The minimum Gasteiger partial charge on any atom is -0.344 e. The molecular weight excluding hydrogens is 238 g/mol. The van der Waals surface area contributed by atoms with Crippen LogP contribution in [0.5, 0.6) is 0 Å².